The highest BCUT2D eigenvalue weighted by molar-refractivity contribution is 8.14. The Morgan fingerprint density at radius 1 is 1.44 bits per heavy atom. The van der Waals surface area contributed by atoms with Gasteiger partial charge in [0, 0.05) is 11.4 Å². The van der Waals surface area contributed by atoms with E-state index in [1.165, 1.54) is 0 Å². The zero-order valence-corrected chi connectivity index (χ0v) is 10.1. The van der Waals surface area contributed by atoms with Gasteiger partial charge in [-0.1, -0.05) is 11.8 Å². The van der Waals surface area contributed by atoms with Crippen LogP contribution in [0.1, 0.15) is 21.7 Å². The van der Waals surface area contributed by atoms with Crippen LogP contribution in [0.25, 0.3) is 0 Å². The maximum Gasteiger partial charge on any atom is 0.259 e. The minimum atomic E-state index is -0.127. The molecule has 0 spiro atoms. The van der Waals surface area contributed by atoms with Crippen LogP contribution in [-0.4, -0.2) is 28.4 Å². The molecule has 0 unspecified atom stereocenters. The van der Waals surface area contributed by atoms with Gasteiger partial charge in [0.05, 0.1) is 17.8 Å². The second kappa shape index (κ2) is 4.65. The molecule has 0 saturated carbocycles. The molecule has 0 atom stereocenters. The highest BCUT2D eigenvalue weighted by Gasteiger charge is 2.14. The fourth-order valence-electron chi connectivity index (χ4n) is 1.50. The molecule has 1 N–H and O–H groups in total. The summed E-state index contributed by atoms with van der Waals surface area (Å²) in [6.07, 6.45) is 0. The normalized spacial score (nSPS) is 14.8. The van der Waals surface area contributed by atoms with Gasteiger partial charge in [-0.25, -0.2) is 0 Å². The average molecular weight is 235 g/mol. The minimum absolute atomic E-state index is 0.127. The topological polar surface area (TPSA) is 54.4 Å². The molecule has 2 heterocycles. The van der Waals surface area contributed by atoms with Crippen molar-refractivity contribution in [3.05, 3.63) is 29.1 Å². The monoisotopic (exact) mass is 235 g/mol. The molecule has 0 aliphatic carbocycles. The van der Waals surface area contributed by atoms with Gasteiger partial charge in [0.15, 0.2) is 5.17 Å². The standard InChI is InChI=1S/C11H13N3OS/c1-7-3-4-9(8(2)13-7)10(15)14-11-12-5-6-16-11/h3-4H,5-6H2,1-2H3,(H,12,14,15). The average Bonchev–Trinajstić information content (AvgIpc) is 2.70. The maximum absolute atomic E-state index is 11.9. The van der Waals surface area contributed by atoms with Gasteiger partial charge in [-0.3, -0.25) is 14.8 Å². The first kappa shape index (κ1) is 11.1. The quantitative estimate of drug-likeness (QED) is 0.803. The number of thioether (sulfide) groups is 1. The summed E-state index contributed by atoms with van der Waals surface area (Å²) in [6.45, 7) is 4.53. The van der Waals surface area contributed by atoms with E-state index in [1.807, 2.05) is 19.9 Å². The van der Waals surface area contributed by atoms with Crippen LogP contribution in [0.5, 0.6) is 0 Å². The first-order valence-electron chi connectivity index (χ1n) is 5.09. The van der Waals surface area contributed by atoms with Gasteiger partial charge in [-0.05, 0) is 26.0 Å². The number of aliphatic imine (C=N–C) groups is 1. The molecule has 0 bridgehead atoms. The lowest BCUT2D eigenvalue weighted by molar-refractivity contribution is 0.0977. The molecule has 1 aromatic heterocycles. The first-order chi connectivity index (χ1) is 7.66. The van der Waals surface area contributed by atoms with Crippen LogP contribution in [0.15, 0.2) is 17.1 Å². The Bertz CT molecular complexity index is 457. The molecule has 0 saturated heterocycles. The Kier molecular flexibility index (Phi) is 3.24. The number of carbonyl (C=O) groups is 1. The van der Waals surface area contributed by atoms with E-state index in [-0.39, 0.29) is 5.91 Å². The maximum atomic E-state index is 11.9. The number of amidine groups is 1. The number of aryl methyl sites for hydroxylation is 2. The number of carbonyl (C=O) groups excluding carboxylic acids is 1. The highest BCUT2D eigenvalue weighted by Crippen LogP contribution is 2.11. The number of hydrogen-bond acceptors (Lipinski definition) is 4. The summed E-state index contributed by atoms with van der Waals surface area (Å²) in [5.74, 6) is 0.818. The molecule has 5 heteroatoms. The fraction of sp³-hybridized carbons (Fsp3) is 0.364. The summed E-state index contributed by atoms with van der Waals surface area (Å²) >= 11 is 1.57. The van der Waals surface area contributed by atoms with Crippen LogP contribution in [0, 0.1) is 13.8 Å². The predicted molar refractivity (Wildman–Crippen MR) is 65.9 cm³/mol. The van der Waals surface area contributed by atoms with E-state index < -0.39 is 0 Å². The molecule has 4 nitrogen and oxygen atoms in total. The van der Waals surface area contributed by atoms with E-state index in [4.69, 9.17) is 0 Å². The van der Waals surface area contributed by atoms with Crippen molar-refractivity contribution in [3.63, 3.8) is 0 Å². The zero-order valence-electron chi connectivity index (χ0n) is 9.28. The molecular weight excluding hydrogens is 222 g/mol. The molecule has 2 rings (SSSR count). The number of aromatic nitrogens is 1. The number of amides is 1. The van der Waals surface area contributed by atoms with Crippen LogP contribution < -0.4 is 5.32 Å². The van der Waals surface area contributed by atoms with Crippen molar-refractivity contribution in [2.24, 2.45) is 4.99 Å². The van der Waals surface area contributed by atoms with Crippen LogP contribution in [0.2, 0.25) is 0 Å². The van der Waals surface area contributed by atoms with E-state index >= 15 is 0 Å². The van der Waals surface area contributed by atoms with Gasteiger partial charge >= 0.3 is 0 Å². The molecule has 84 valence electrons. The predicted octanol–water partition coefficient (Wildman–Crippen LogP) is 1.53. The summed E-state index contributed by atoms with van der Waals surface area (Å²) in [7, 11) is 0. The number of nitrogens with one attached hydrogen (secondary N) is 1. The highest BCUT2D eigenvalue weighted by atomic mass is 32.2. The van der Waals surface area contributed by atoms with Gasteiger partial charge in [0.25, 0.3) is 5.91 Å². The number of hydrogen-bond donors (Lipinski definition) is 1. The fourth-order valence-corrected chi connectivity index (χ4v) is 2.23. The lowest BCUT2D eigenvalue weighted by Gasteiger charge is -2.06. The third-order valence-electron chi connectivity index (χ3n) is 2.28. The van der Waals surface area contributed by atoms with Gasteiger partial charge in [0.1, 0.15) is 0 Å². The zero-order chi connectivity index (χ0) is 11.5. The van der Waals surface area contributed by atoms with Gasteiger partial charge in [0.2, 0.25) is 0 Å². The summed E-state index contributed by atoms with van der Waals surface area (Å²) in [5, 5.41) is 3.50. The molecule has 16 heavy (non-hydrogen) atoms. The molecule has 0 radical (unpaired) electrons. The van der Waals surface area contributed by atoms with Gasteiger partial charge in [-0.2, -0.15) is 0 Å². The van der Waals surface area contributed by atoms with E-state index in [9.17, 15) is 4.79 Å². The van der Waals surface area contributed by atoms with Gasteiger partial charge in [-0.15, -0.1) is 0 Å². The molecule has 1 aliphatic rings. The summed E-state index contributed by atoms with van der Waals surface area (Å²) in [4.78, 5) is 20.3. The van der Waals surface area contributed by atoms with Crippen molar-refractivity contribution in [1.82, 2.24) is 10.3 Å². The molecule has 1 aliphatic heterocycles. The van der Waals surface area contributed by atoms with Crippen molar-refractivity contribution >= 4 is 22.8 Å². The molecule has 0 aromatic carbocycles. The molecule has 1 aromatic rings. The van der Waals surface area contributed by atoms with Crippen molar-refractivity contribution < 1.29 is 4.79 Å². The van der Waals surface area contributed by atoms with Crippen LogP contribution in [0.3, 0.4) is 0 Å². The second-order valence-corrected chi connectivity index (χ2v) is 4.66. The molecule has 1 amide bonds. The van der Waals surface area contributed by atoms with Crippen molar-refractivity contribution in [2.75, 3.05) is 12.3 Å². The lowest BCUT2D eigenvalue weighted by atomic mass is 10.2. The third-order valence-corrected chi connectivity index (χ3v) is 3.17. The smallest absolute Gasteiger partial charge is 0.259 e. The number of pyridine rings is 1. The number of nitrogens with zero attached hydrogens (tertiary/aromatic N) is 2. The van der Waals surface area contributed by atoms with Crippen LogP contribution in [0.4, 0.5) is 0 Å². The Hall–Kier alpha value is -1.36. The van der Waals surface area contributed by atoms with E-state index in [0.717, 1.165) is 23.7 Å². The molecule has 0 fully saturated rings. The van der Waals surface area contributed by atoms with Crippen LogP contribution >= 0.6 is 11.8 Å². The van der Waals surface area contributed by atoms with E-state index in [2.05, 4.69) is 15.3 Å². The van der Waals surface area contributed by atoms with Crippen molar-refractivity contribution in [3.8, 4) is 0 Å². The third kappa shape index (κ3) is 2.41. The Balaban J connectivity index is 2.14. The second-order valence-electron chi connectivity index (χ2n) is 3.58. The lowest BCUT2D eigenvalue weighted by Crippen LogP contribution is -2.28. The van der Waals surface area contributed by atoms with E-state index in [1.54, 1.807) is 17.8 Å². The Morgan fingerprint density at radius 2 is 2.25 bits per heavy atom. The van der Waals surface area contributed by atoms with Gasteiger partial charge < -0.3 is 5.32 Å². The molecular formula is C11H13N3OS. The Labute approximate surface area is 98.6 Å². The van der Waals surface area contributed by atoms with E-state index in [0.29, 0.717) is 10.7 Å². The van der Waals surface area contributed by atoms with Crippen molar-refractivity contribution in [1.29, 1.82) is 0 Å². The largest absolute Gasteiger partial charge is 0.301 e. The minimum Gasteiger partial charge on any atom is -0.301 e. The summed E-state index contributed by atoms with van der Waals surface area (Å²) in [6, 6.07) is 3.64. The Morgan fingerprint density at radius 3 is 2.88 bits per heavy atom. The summed E-state index contributed by atoms with van der Waals surface area (Å²) in [5.41, 5.74) is 2.28. The van der Waals surface area contributed by atoms with Crippen LogP contribution in [-0.2, 0) is 0 Å². The number of rotatable bonds is 1. The SMILES string of the molecule is Cc1ccc(C(=O)NC2=NCCS2)c(C)n1. The van der Waals surface area contributed by atoms with Crippen molar-refractivity contribution in [2.45, 2.75) is 13.8 Å². The summed E-state index contributed by atoms with van der Waals surface area (Å²) < 4.78 is 0. The first-order valence-corrected chi connectivity index (χ1v) is 6.08.